The normalized spacial score (nSPS) is 24.0. The van der Waals surface area contributed by atoms with E-state index >= 15 is 0 Å². The number of hydrogen-bond donors (Lipinski definition) is 1. The Bertz CT molecular complexity index is 639. The highest BCUT2D eigenvalue weighted by molar-refractivity contribution is 5.18. The SMILES string of the molecule is CC1(C)O[C@H](C[C@@H](O)CCc2ccccc2)C[C@H](c2ccccc2)O1. The third kappa shape index (κ3) is 5.40. The molecule has 134 valence electrons. The molecule has 1 saturated heterocycles. The molecule has 2 aromatic carbocycles. The third-order valence-corrected chi connectivity index (χ3v) is 4.67. The summed E-state index contributed by atoms with van der Waals surface area (Å²) >= 11 is 0. The predicted molar refractivity (Wildman–Crippen MR) is 99.2 cm³/mol. The van der Waals surface area contributed by atoms with Gasteiger partial charge in [0.05, 0.1) is 18.3 Å². The maximum atomic E-state index is 10.5. The van der Waals surface area contributed by atoms with E-state index in [2.05, 4.69) is 24.3 Å². The van der Waals surface area contributed by atoms with Gasteiger partial charge in [-0.05, 0) is 44.2 Å². The van der Waals surface area contributed by atoms with Gasteiger partial charge in [-0.2, -0.15) is 0 Å². The van der Waals surface area contributed by atoms with Gasteiger partial charge in [-0.25, -0.2) is 0 Å². The topological polar surface area (TPSA) is 38.7 Å². The van der Waals surface area contributed by atoms with Crippen LogP contribution in [-0.4, -0.2) is 23.1 Å². The fourth-order valence-corrected chi connectivity index (χ4v) is 3.52. The lowest BCUT2D eigenvalue weighted by atomic mass is 9.95. The molecular formula is C22H28O3. The van der Waals surface area contributed by atoms with Crippen LogP contribution in [0, 0.1) is 0 Å². The summed E-state index contributed by atoms with van der Waals surface area (Å²) in [6, 6.07) is 20.6. The largest absolute Gasteiger partial charge is 0.393 e. The van der Waals surface area contributed by atoms with Crippen molar-refractivity contribution in [2.45, 2.75) is 63.6 Å². The quantitative estimate of drug-likeness (QED) is 0.832. The average Bonchev–Trinajstić information content (AvgIpc) is 2.60. The lowest BCUT2D eigenvalue weighted by Crippen LogP contribution is -2.42. The van der Waals surface area contributed by atoms with Gasteiger partial charge in [0, 0.05) is 6.42 Å². The molecule has 0 amide bonds. The van der Waals surface area contributed by atoms with E-state index in [1.807, 2.05) is 50.2 Å². The molecule has 3 heteroatoms. The summed E-state index contributed by atoms with van der Waals surface area (Å²) in [6.45, 7) is 3.90. The highest BCUT2D eigenvalue weighted by Crippen LogP contribution is 2.37. The fourth-order valence-electron chi connectivity index (χ4n) is 3.52. The number of benzene rings is 2. The van der Waals surface area contributed by atoms with Crippen LogP contribution in [0.5, 0.6) is 0 Å². The van der Waals surface area contributed by atoms with Crippen molar-refractivity contribution in [3.05, 3.63) is 71.8 Å². The van der Waals surface area contributed by atoms with E-state index in [-0.39, 0.29) is 18.3 Å². The lowest BCUT2D eigenvalue weighted by molar-refractivity contribution is -0.305. The van der Waals surface area contributed by atoms with E-state index in [0.29, 0.717) is 6.42 Å². The maximum Gasteiger partial charge on any atom is 0.163 e. The first-order chi connectivity index (χ1) is 12.0. The molecule has 3 nitrogen and oxygen atoms in total. The van der Waals surface area contributed by atoms with Crippen LogP contribution < -0.4 is 0 Å². The van der Waals surface area contributed by atoms with Crippen molar-refractivity contribution in [2.24, 2.45) is 0 Å². The number of ether oxygens (including phenoxy) is 2. The van der Waals surface area contributed by atoms with Gasteiger partial charge >= 0.3 is 0 Å². The van der Waals surface area contributed by atoms with Crippen LogP contribution in [0.25, 0.3) is 0 Å². The van der Waals surface area contributed by atoms with E-state index in [1.165, 1.54) is 11.1 Å². The van der Waals surface area contributed by atoms with Crippen molar-refractivity contribution in [1.82, 2.24) is 0 Å². The fraction of sp³-hybridized carbons (Fsp3) is 0.455. The second-order valence-corrected chi connectivity index (χ2v) is 7.31. The molecule has 0 aromatic heterocycles. The van der Waals surface area contributed by atoms with Crippen molar-refractivity contribution < 1.29 is 14.6 Å². The third-order valence-electron chi connectivity index (χ3n) is 4.67. The Morgan fingerprint density at radius 3 is 2.32 bits per heavy atom. The van der Waals surface area contributed by atoms with Crippen molar-refractivity contribution >= 4 is 0 Å². The minimum absolute atomic E-state index is 0.000250. The van der Waals surface area contributed by atoms with Gasteiger partial charge in [-0.1, -0.05) is 60.7 Å². The van der Waals surface area contributed by atoms with Crippen molar-refractivity contribution in [3.8, 4) is 0 Å². The molecule has 0 aliphatic carbocycles. The van der Waals surface area contributed by atoms with E-state index in [4.69, 9.17) is 9.47 Å². The van der Waals surface area contributed by atoms with Crippen LogP contribution >= 0.6 is 0 Å². The standard InChI is InChI=1S/C22H28O3/c1-22(2)24-20(16-21(25-22)18-11-7-4-8-12-18)15-19(23)14-13-17-9-5-3-6-10-17/h3-12,19-21,23H,13-16H2,1-2H3/t19-,20+,21+/m0/s1. The molecule has 2 aromatic rings. The zero-order chi connectivity index (χ0) is 17.7. The van der Waals surface area contributed by atoms with Gasteiger partial charge < -0.3 is 14.6 Å². The van der Waals surface area contributed by atoms with Crippen LogP contribution in [0.15, 0.2) is 60.7 Å². The molecule has 1 heterocycles. The number of rotatable bonds is 6. The Labute approximate surface area is 150 Å². The second-order valence-electron chi connectivity index (χ2n) is 7.31. The molecule has 1 fully saturated rings. The molecule has 1 N–H and O–H groups in total. The molecular weight excluding hydrogens is 312 g/mol. The zero-order valence-electron chi connectivity index (χ0n) is 15.1. The van der Waals surface area contributed by atoms with Crippen molar-refractivity contribution in [1.29, 1.82) is 0 Å². The van der Waals surface area contributed by atoms with Gasteiger partial charge in [0.25, 0.3) is 0 Å². The van der Waals surface area contributed by atoms with Crippen LogP contribution in [0.1, 0.15) is 50.3 Å². The summed E-state index contributed by atoms with van der Waals surface area (Å²) in [7, 11) is 0. The zero-order valence-corrected chi connectivity index (χ0v) is 15.1. The summed E-state index contributed by atoms with van der Waals surface area (Å²) in [4.78, 5) is 0. The number of aliphatic hydroxyl groups is 1. The van der Waals surface area contributed by atoms with Crippen LogP contribution in [0.3, 0.4) is 0 Å². The van der Waals surface area contributed by atoms with E-state index in [0.717, 1.165) is 19.3 Å². The molecule has 0 radical (unpaired) electrons. The first-order valence-corrected chi connectivity index (χ1v) is 9.14. The Balaban J connectivity index is 1.57. The summed E-state index contributed by atoms with van der Waals surface area (Å²) in [5.74, 6) is -0.636. The van der Waals surface area contributed by atoms with Crippen molar-refractivity contribution in [3.63, 3.8) is 0 Å². The molecule has 1 aliphatic heterocycles. The summed E-state index contributed by atoms with van der Waals surface area (Å²) in [5, 5.41) is 10.5. The monoisotopic (exact) mass is 340 g/mol. The second kappa shape index (κ2) is 8.13. The van der Waals surface area contributed by atoms with Crippen LogP contribution in [0.4, 0.5) is 0 Å². The number of aryl methyl sites for hydroxylation is 1. The Kier molecular flexibility index (Phi) is 5.89. The first kappa shape index (κ1) is 18.1. The van der Waals surface area contributed by atoms with E-state index in [1.54, 1.807) is 0 Å². The van der Waals surface area contributed by atoms with Crippen LogP contribution in [0.2, 0.25) is 0 Å². The summed E-state index contributed by atoms with van der Waals surface area (Å²) < 4.78 is 12.2. The van der Waals surface area contributed by atoms with Gasteiger partial charge in [0.1, 0.15) is 0 Å². The van der Waals surface area contributed by atoms with Gasteiger partial charge in [-0.3, -0.25) is 0 Å². The lowest BCUT2D eigenvalue weighted by Gasteiger charge is -2.41. The van der Waals surface area contributed by atoms with Gasteiger partial charge in [0.15, 0.2) is 5.79 Å². The molecule has 0 bridgehead atoms. The molecule has 1 aliphatic rings. The predicted octanol–water partition coefficient (Wildman–Crippen LogP) is 4.65. The first-order valence-electron chi connectivity index (χ1n) is 9.14. The van der Waals surface area contributed by atoms with Crippen LogP contribution in [-0.2, 0) is 15.9 Å². The minimum atomic E-state index is -0.636. The molecule has 25 heavy (non-hydrogen) atoms. The van der Waals surface area contributed by atoms with Gasteiger partial charge in [0.2, 0.25) is 0 Å². The Hall–Kier alpha value is -1.68. The van der Waals surface area contributed by atoms with Crippen molar-refractivity contribution in [2.75, 3.05) is 0 Å². The summed E-state index contributed by atoms with van der Waals surface area (Å²) in [5.41, 5.74) is 2.43. The van der Waals surface area contributed by atoms with E-state index < -0.39 is 5.79 Å². The van der Waals surface area contributed by atoms with E-state index in [9.17, 15) is 5.11 Å². The molecule has 0 unspecified atom stereocenters. The smallest absolute Gasteiger partial charge is 0.163 e. The number of aliphatic hydroxyl groups excluding tert-OH is 1. The maximum absolute atomic E-state index is 10.5. The number of hydrogen-bond acceptors (Lipinski definition) is 3. The molecule has 0 saturated carbocycles. The highest BCUT2D eigenvalue weighted by atomic mass is 16.7. The average molecular weight is 340 g/mol. The Morgan fingerprint density at radius 2 is 1.64 bits per heavy atom. The highest BCUT2D eigenvalue weighted by Gasteiger charge is 2.36. The minimum Gasteiger partial charge on any atom is -0.393 e. The molecule has 3 rings (SSSR count). The summed E-state index contributed by atoms with van der Waals surface area (Å²) in [6.07, 6.45) is 2.70. The Morgan fingerprint density at radius 1 is 1.00 bits per heavy atom. The molecule has 0 spiro atoms. The van der Waals surface area contributed by atoms with Gasteiger partial charge in [-0.15, -0.1) is 0 Å². The molecule has 3 atom stereocenters.